The maximum atomic E-state index is 2.48. The van der Waals surface area contributed by atoms with E-state index in [2.05, 4.69) is 198 Å². The van der Waals surface area contributed by atoms with Crippen LogP contribution in [-0.4, -0.2) is 4.57 Å². The van der Waals surface area contributed by atoms with Crippen molar-refractivity contribution in [1.29, 1.82) is 0 Å². The zero-order valence-corrected chi connectivity index (χ0v) is 32.8. The van der Waals surface area contributed by atoms with Crippen molar-refractivity contribution in [1.82, 2.24) is 4.57 Å². The summed E-state index contributed by atoms with van der Waals surface area (Å²) in [6.07, 6.45) is 8.56. The van der Waals surface area contributed by atoms with Gasteiger partial charge in [-0.05, 0) is 161 Å². The maximum Gasteiger partial charge on any atom is 0.0541 e. The summed E-state index contributed by atoms with van der Waals surface area (Å²) < 4.78 is 2.40. The topological polar surface area (TPSA) is 8.17 Å². The second-order valence-electron chi connectivity index (χ2n) is 17.6. The molecule has 0 saturated heterocycles. The van der Waals surface area contributed by atoms with E-state index in [4.69, 9.17) is 0 Å². The molecule has 0 aliphatic heterocycles. The fourth-order valence-electron chi connectivity index (χ4n) is 12.1. The Balaban J connectivity index is 0.956. The molecule has 8 aromatic carbocycles. The first-order chi connectivity index (χ1) is 28.7. The van der Waals surface area contributed by atoms with E-state index in [1.807, 2.05) is 0 Å². The average Bonchev–Trinajstić information content (AvgIpc) is 3.61. The van der Waals surface area contributed by atoms with Crippen molar-refractivity contribution in [2.75, 3.05) is 4.90 Å². The Labute approximate surface area is 341 Å². The molecule has 1 aromatic heterocycles. The van der Waals surface area contributed by atoms with Crippen LogP contribution in [0.5, 0.6) is 0 Å². The molecule has 0 amide bonds. The number of anilines is 3. The lowest BCUT2D eigenvalue weighted by Crippen LogP contribution is -2.48. The van der Waals surface area contributed by atoms with Crippen LogP contribution in [0.15, 0.2) is 188 Å². The minimum atomic E-state index is 0.376. The minimum absolute atomic E-state index is 0.376. The molecule has 2 heteroatoms. The summed E-state index contributed by atoms with van der Waals surface area (Å²) in [5, 5.41) is 5.11. The van der Waals surface area contributed by atoms with Gasteiger partial charge in [0.15, 0.2) is 0 Å². The van der Waals surface area contributed by atoms with Crippen molar-refractivity contribution in [3.63, 3.8) is 0 Å². The van der Waals surface area contributed by atoms with Gasteiger partial charge in [0, 0.05) is 33.5 Å². The number of aromatic nitrogens is 1. The Hall–Kier alpha value is -6.38. The van der Waals surface area contributed by atoms with E-state index in [1.54, 1.807) is 5.56 Å². The standard InChI is InChI=1S/C56H46N2/c1-2-10-41(11-3-1)49-16-8-12-43-13-9-17-50(55(43)49)42-20-24-45(25-21-42)57(46-26-22-44(23-27-46)56-35-38-32-39(36-56)34-40(33-38)37-56)47-28-30-48(31-29-47)58-53-18-6-4-14-51(53)52-15-5-7-19-54(52)58/h1-31,38-40H,32-37H2. The Kier molecular flexibility index (Phi) is 7.76. The monoisotopic (exact) mass is 746 g/mol. The number of fused-ring (bicyclic) bond motifs is 4. The van der Waals surface area contributed by atoms with Crippen LogP contribution < -0.4 is 4.90 Å². The molecule has 0 N–H and O–H groups in total. The van der Waals surface area contributed by atoms with Crippen molar-refractivity contribution in [3.05, 3.63) is 194 Å². The summed E-state index contributed by atoms with van der Waals surface area (Å²) in [5.74, 6) is 2.79. The van der Waals surface area contributed by atoms with E-state index >= 15 is 0 Å². The van der Waals surface area contributed by atoms with Crippen LogP contribution in [0.3, 0.4) is 0 Å². The van der Waals surface area contributed by atoms with Gasteiger partial charge < -0.3 is 9.47 Å². The SMILES string of the molecule is c1ccc(-c2cccc3cccc(-c4ccc(N(c5ccc(-n6c7ccccc7c7ccccc76)cc5)c5ccc(C67CC8CC(CC(C8)C6)C7)cc5)cc4)c23)cc1. The minimum Gasteiger partial charge on any atom is -0.311 e. The van der Waals surface area contributed by atoms with Crippen molar-refractivity contribution >= 4 is 49.6 Å². The number of hydrogen-bond acceptors (Lipinski definition) is 1. The van der Waals surface area contributed by atoms with Crippen molar-refractivity contribution in [2.24, 2.45) is 17.8 Å². The highest BCUT2D eigenvalue weighted by atomic mass is 15.1. The molecule has 0 radical (unpaired) electrons. The smallest absolute Gasteiger partial charge is 0.0541 e. The Bertz CT molecular complexity index is 2860. The number of para-hydroxylation sites is 2. The van der Waals surface area contributed by atoms with Gasteiger partial charge in [-0.3, -0.25) is 0 Å². The molecule has 0 spiro atoms. The third kappa shape index (κ3) is 5.46. The predicted octanol–water partition coefficient (Wildman–Crippen LogP) is 15.2. The lowest BCUT2D eigenvalue weighted by molar-refractivity contribution is -0.00518. The van der Waals surface area contributed by atoms with Crippen LogP contribution >= 0.6 is 0 Å². The first-order valence-corrected chi connectivity index (χ1v) is 21.3. The highest BCUT2D eigenvalue weighted by molar-refractivity contribution is 6.09. The highest BCUT2D eigenvalue weighted by Gasteiger charge is 2.51. The van der Waals surface area contributed by atoms with Gasteiger partial charge in [0.05, 0.1) is 11.0 Å². The number of rotatable bonds is 7. The van der Waals surface area contributed by atoms with Gasteiger partial charge >= 0.3 is 0 Å². The summed E-state index contributed by atoms with van der Waals surface area (Å²) in [7, 11) is 0. The lowest BCUT2D eigenvalue weighted by atomic mass is 9.48. The first-order valence-electron chi connectivity index (χ1n) is 21.3. The third-order valence-electron chi connectivity index (χ3n) is 14.1. The molecule has 2 nitrogen and oxygen atoms in total. The van der Waals surface area contributed by atoms with Gasteiger partial charge in [0.1, 0.15) is 0 Å². The van der Waals surface area contributed by atoms with Crippen molar-refractivity contribution < 1.29 is 0 Å². The molecular weight excluding hydrogens is 701 g/mol. The average molecular weight is 747 g/mol. The molecule has 4 saturated carbocycles. The van der Waals surface area contributed by atoms with Crippen LogP contribution in [0.25, 0.3) is 60.5 Å². The van der Waals surface area contributed by atoms with Crippen LogP contribution in [0.1, 0.15) is 44.1 Å². The van der Waals surface area contributed by atoms with Crippen LogP contribution in [0.4, 0.5) is 17.1 Å². The normalized spacial score (nSPS) is 20.9. The molecule has 58 heavy (non-hydrogen) atoms. The van der Waals surface area contributed by atoms with Gasteiger partial charge in [-0.2, -0.15) is 0 Å². The van der Waals surface area contributed by atoms with E-state index in [-0.39, 0.29) is 0 Å². The quantitative estimate of drug-likeness (QED) is 0.158. The Morgan fingerprint density at radius 2 is 0.879 bits per heavy atom. The van der Waals surface area contributed by atoms with Gasteiger partial charge in [-0.25, -0.2) is 0 Å². The molecular formula is C56H46N2. The van der Waals surface area contributed by atoms with Gasteiger partial charge in [-0.15, -0.1) is 0 Å². The summed E-state index contributed by atoms with van der Waals surface area (Å²) in [5.41, 5.74) is 14.0. The maximum absolute atomic E-state index is 2.48. The largest absolute Gasteiger partial charge is 0.311 e. The molecule has 1 heterocycles. The third-order valence-corrected chi connectivity index (χ3v) is 14.1. The first kappa shape index (κ1) is 33.7. The zero-order chi connectivity index (χ0) is 38.2. The lowest BCUT2D eigenvalue weighted by Gasteiger charge is -2.57. The van der Waals surface area contributed by atoms with E-state index < -0.39 is 0 Å². The molecule has 4 aliphatic carbocycles. The highest BCUT2D eigenvalue weighted by Crippen LogP contribution is 2.61. The second kappa shape index (κ2) is 13.4. The number of benzene rings is 8. The van der Waals surface area contributed by atoms with Gasteiger partial charge in [-0.1, -0.05) is 127 Å². The molecule has 0 unspecified atom stereocenters. The predicted molar refractivity (Wildman–Crippen MR) is 244 cm³/mol. The molecule has 4 fully saturated rings. The van der Waals surface area contributed by atoms with Gasteiger partial charge in [0.25, 0.3) is 0 Å². The van der Waals surface area contributed by atoms with Gasteiger partial charge in [0.2, 0.25) is 0 Å². The van der Waals surface area contributed by atoms with E-state index in [1.165, 1.54) is 105 Å². The van der Waals surface area contributed by atoms with Crippen LogP contribution in [0.2, 0.25) is 0 Å². The fourth-order valence-corrected chi connectivity index (χ4v) is 12.1. The van der Waals surface area contributed by atoms with E-state index in [0.29, 0.717) is 5.41 Å². The van der Waals surface area contributed by atoms with Crippen molar-refractivity contribution in [2.45, 2.75) is 43.9 Å². The van der Waals surface area contributed by atoms with Crippen LogP contribution in [0, 0.1) is 17.8 Å². The molecule has 280 valence electrons. The van der Waals surface area contributed by atoms with E-state index in [0.717, 1.165) is 29.1 Å². The molecule has 9 aromatic rings. The zero-order valence-electron chi connectivity index (χ0n) is 32.8. The molecule has 4 bridgehead atoms. The number of hydrogen-bond donors (Lipinski definition) is 0. The summed E-state index contributed by atoms with van der Waals surface area (Å²) in [4.78, 5) is 2.45. The number of nitrogens with zero attached hydrogens (tertiary/aromatic N) is 2. The molecule has 4 aliphatic rings. The fraction of sp³-hybridized carbons (Fsp3) is 0.179. The summed E-state index contributed by atoms with van der Waals surface area (Å²) in [6, 6.07) is 69.9. The van der Waals surface area contributed by atoms with E-state index in [9.17, 15) is 0 Å². The Morgan fingerprint density at radius 3 is 1.43 bits per heavy atom. The summed E-state index contributed by atoms with van der Waals surface area (Å²) >= 11 is 0. The second-order valence-corrected chi connectivity index (χ2v) is 17.6. The summed E-state index contributed by atoms with van der Waals surface area (Å²) in [6.45, 7) is 0. The molecule has 0 atom stereocenters. The van der Waals surface area contributed by atoms with Crippen molar-refractivity contribution in [3.8, 4) is 27.9 Å². The van der Waals surface area contributed by atoms with Crippen LogP contribution in [-0.2, 0) is 5.41 Å². The Morgan fingerprint density at radius 1 is 0.414 bits per heavy atom. The molecule has 13 rings (SSSR count).